The van der Waals surface area contributed by atoms with E-state index in [1.165, 1.54) is 12.3 Å². The average molecular weight is 503 g/mol. The molecule has 1 N–H and O–H groups in total. The fourth-order valence-corrected chi connectivity index (χ4v) is 5.72. The second-order valence-corrected chi connectivity index (χ2v) is 11.2. The second kappa shape index (κ2) is 8.60. The Morgan fingerprint density at radius 3 is 2.39 bits per heavy atom. The predicted octanol–water partition coefficient (Wildman–Crippen LogP) is 6.44. The lowest BCUT2D eigenvalue weighted by atomic mass is 10.0. The van der Waals surface area contributed by atoms with Gasteiger partial charge >= 0.3 is 6.18 Å². The minimum absolute atomic E-state index is 0.00442. The number of nitrogens with zero attached hydrogens (tertiary/aromatic N) is 1. The lowest BCUT2D eigenvalue weighted by Gasteiger charge is -2.21. The van der Waals surface area contributed by atoms with Crippen LogP contribution in [0.5, 0.6) is 0 Å². The van der Waals surface area contributed by atoms with Gasteiger partial charge in [-0.1, -0.05) is 43.6 Å². The number of aromatic nitrogens is 1. The van der Waals surface area contributed by atoms with Crippen LogP contribution in [0.15, 0.2) is 42.6 Å². The molecule has 1 aliphatic carbocycles. The number of fused-ring (bicyclic) bond motifs is 1. The zero-order valence-corrected chi connectivity index (χ0v) is 19.5. The SMILES string of the molecule is CC(C)Cn1cc(C(NS(=O)(=O)C2CC2)C(F)(F)F)c2cc(F)c(-c3ccccc3Cl)cc21. The van der Waals surface area contributed by atoms with E-state index in [0.717, 1.165) is 6.07 Å². The summed E-state index contributed by atoms with van der Waals surface area (Å²) < 4.78 is 85.6. The highest BCUT2D eigenvalue weighted by molar-refractivity contribution is 7.90. The van der Waals surface area contributed by atoms with Gasteiger partial charge in [0, 0.05) is 45.4 Å². The summed E-state index contributed by atoms with van der Waals surface area (Å²) in [5, 5.41) is -0.511. The van der Waals surface area contributed by atoms with Gasteiger partial charge in [0.1, 0.15) is 11.9 Å². The summed E-state index contributed by atoms with van der Waals surface area (Å²) in [5.74, 6) is -0.667. The number of nitrogens with one attached hydrogen (secondary N) is 1. The van der Waals surface area contributed by atoms with Crippen LogP contribution in [-0.2, 0) is 16.6 Å². The van der Waals surface area contributed by atoms with Crippen LogP contribution in [0.1, 0.15) is 38.3 Å². The normalized spacial score (nSPS) is 16.0. The van der Waals surface area contributed by atoms with Crippen LogP contribution in [-0.4, -0.2) is 24.4 Å². The molecule has 1 aliphatic rings. The number of alkyl halides is 3. The largest absolute Gasteiger partial charge is 0.408 e. The standard InChI is InChI=1S/C23H23ClF4N2O2S/c1-13(2)11-30-12-18(22(23(26,27)28)29-33(31,32)14-7-8-14)17-9-20(25)16(10-21(17)30)15-5-3-4-6-19(15)24/h3-6,9-10,12-14,22,29H,7-8,11H2,1-2H3. The van der Waals surface area contributed by atoms with Crippen molar-refractivity contribution in [3.8, 4) is 11.1 Å². The number of halogens is 5. The predicted molar refractivity (Wildman–Crippen MR) is 121 cm³/mol. The van der Waals surface area contributed by atoms with E-state index >= 15 is 4.39 Å². The molecule has 0 amide bonds. The topological polar surface area (TPSA) is 51.1 Å². The van der Waals surface area contributed by atoms with Crippen LogP contribution in [0.4, 0.5) is 17.6 Å². The summed E-state index contributed by atoms with van der Waals surface area (Å²) in [6, 6.07) is 6.64. The molecule has 0 radical (unpaired) electrons. The molecule has 4 nitrogen and oxygen atoms in total. The molecule has 1 fully saturated rings. The molecule has 1 atom stereocenters. The van der Waals surface area contributed by atoms with Crippen LogP contribution >= 0.6 is 11.6 Å². The van der Waals surface area contributed by atoms with Crippen molar-refractivity contribution in [1.29, 1.82) is 0 Å². The number of hydrogen-bond donors (Lipinski definition) is 1. The van der Waals surface area contributed by atoms with Gasteiger partial charge in [0.15, 0.2) is 0 Å². The van der Waals surface area contributed by atoms with Crippen molar-refractivity contribution < 1.29 is 26.0 Å². The zero-order chi connectivity index (χ0) is 24.1. The van der Waals surface area contributed by atoms with Crippen molar-refractivity contribution in [3.63, 3.8) is 0 Å². The Hall–Kier alpha value is -2.10. The Morgan fingerprint density at radius 2 is 1.82 bits per heavy atom. The van der Waals surface area contributed by atoms with E-state index in [4.69, 9.17) is 11.6 Å². The first kappa shape index (κ1) is 24.0. The monoisotopic (exact) mass is 502 g/mol. The van der Waals surface area contributed by atoms with Crippen molar-refractivity contribution in [2.45, 2.75) is 50.7 Å². The molecule has 0 saturated heterocycles. The molecule has 10 heteroatoms. The third kappa shape index (κ3) is 4.90. The van der Waals surface area contributed by atoms with Crippen LogP contribution in [0.2, 0.25) is 5.02 Å². The fourth-order valence-electron chi connectivity index (χ4n) is 3.94. The second-order valence-electron chi connectivity index (χ2n) is 8.80. The van der Waals surface area contributed by atoms with Gasteiger partial charge in [0.2, 0.25) is 10.0 Å². The third-order valence-corrected chi connectivity index (χ3v) is 7.85. The van der Waals surface area contributed by atoms with Crippen molar-refractivity contribution >= 4 is 32.5 Å². The van der Waals surface area contributed by atoms with E-state index in [1.54, 1.807) is 28.8 Å². The molecular formula is C23H23ClF4N2O2S. The maximum atomic E-state index is 15.2. The van der Waals surface area contributed by atoms with Crippen LogP contribution < -0.4 is 4.72 Å². The summed E-state index contributed by atoms with van der Waals surface area (Å²) >= 11 is 6.23. The Bertz CT molecular complexity index is 1300. The lowest BCUT2D eigenvalue weighted by Crippen LogP contribution is -2.39. The van der Waals surface area contributed by atoms with E-state index in [9.17, 15) is 21.6 Å². The highest BCUT2D eigenvalue weighted by Crippen LogP contribution is 2.42. The van der Waals surface area contributed by atoms with Gasteiger partial charge in [-0.2, -0.15) is 17.9 Å². The first-order chi connectivity index (χ1) is 15.4. The van der Waals surface area contributed by atoms with Gasteiger partial charge in [-0.25, -0.2) is 12.8 Å². The summed E-state index contributed by atoms with van der Waals surface area (Å²) in [7, 11) is -4.16. The van der Waals surface area contributed by atoms with Gasteiger partial charge in [-0.05, 0) is 37.0 Å². The first-order valence-corrected chi connectivity index (χ1v) is 12.5. The van der Waals surface area contributed by atoms with Crippen molar-refractivity contribution in [2.75, 3.05) is 0 Å². The van der Waals surface area contributed by atoms with Gasteiger partial charge in [-0.15, -0.1) is 0 Å². The molecule has 2 aromatic carbocycles. The van der Waals surface area contributed by atoms with E-state index in [2.05, 4.69) is 0 Å². The lowest BCUT2D eigenvalue weighted by molar-refractivity contribution is -0.152. The Kier molecular flexibility index (Phi) is 6.26. The molecule has 0 bridgehead atoms. The molecule has 4 rings (SSSR count). The molecule has 1 aromatic heterocycles. The highest BCUT2D eigenvalue weighted by Gasteiger charge is 2.47. The van der Waals surface area contributed by atoms with Gasteiger partial charge < -0.3 is 4.57 Å². The van der Waals surface area contributed by atoms with Crippen LogP contribution in [0.25, 0.3) is 22.0 Å². The summed E-state index contributed by atoms with van der Waals surface area (Å²) in [4.78, 5) is 0. The molecule has 1 heterocycles. The molecule has 1 saturated carbocycles. The smallest absolute Gasteiger partial charge is 0.347 e. The van der Waals surface area contributed by atoms with Crippen LogP contribution in [0.3, 0.4) is 0 Å². The van der Waals surface area contributed by atoms with Crippen molar-refractivity contribution in [3.05, 3.63) is 59.0 Å². The molecule has 33 heavy (non-hydrogen) atoms. The average Bonchev–Trinajstić information content (AvgIpc) is 3.51. The van der Waals surface area contributed by atoms with Crippen LogP contribution in [0, 0.1) is 11.7 Å². The van der Waals surface area contributed by atoms with Crippen molar-refractivity contribution in [1.82, 2.24) is 9.29 Å². The molecule has 3 aromatic rings. The minimum atomic E-state index is -4.91. The Balaban J connectivity index is 1.92. The highest BCUT2D eigenvalue weighted by atomic mass is 35.5. The molecule has 0 aliphatic heterocycles. The number of hydrogen-bond acceptors (Lipinski definition) is 2. The Morgan fingerprint density at radius 1 is 1.15 bits per heavy atom. The number of benzene rings is 2. The van der Waals surface area contributed by atoms with Gasteiger partial charge in [-0.3, -0.25) is 0 Å². The summed E-state index contributed by atoms with van der Waals surface area (Å²) in [5.41, 5.74) is 0.617. The minimum Gasteiger partial charge on any atom is -0.347 e. The van der Waals surface area contributed by atoms with E-state index < -0.39 is 33.3 Å². The molecule has 178 valence electrons. The summed E-state index contributed by atoms with van der Waals surface area (Å²) in [6.07, 6.45) is -2.99. The maximum absolute atomic E-state index is 15.2. The van der Waals surface area contributed by atoms with Gasteiger partial charge in [0.25, 0.3) is 0 Å². The number of sulfonamides is 1. The van der Waals surface area contributed by atoms with Crippen molar-refractivity contribution in [2.24, 2.45) is 5.92 Å². The zero-order valence-electron chi connectivity index (χ0n) is 18.0. The van der Waals surface area contributed by atoms with E-state index in [0.29, 0.717) is 35.5 Å². The first-order valence-electron chi connectivity index (χ1n) is 10.5. The quantitative estimate of drug-likeness (QED) is 0.378. The molecule has 1 unspecified atom stereocenters. The third-order valence-electron chi connectivity index (χ3n) is 5.61. The maximum Gasteiger partial charge on any atom is 0.408 e. The fraction of sp³-hybridized carbons (Fsp3) is 0.391. The molecule has 0 spiro atoms. The number of rotatable bonds is 7. The molecular weight excluding hydrogens is 480 g/mol. The van der Waals surface area contributed by atoms with E-state index in [1.807, 2.05) is 18.6 Å². The van der Waals surface area contributed by atoms with Gasteiger partial charge in [0.05, 0.1) is 5.25 Å². The Labute approximate surface area is 194 Å². The van der Waals surface area contributed by atoms with E-state index in [-0.39, 0.29) is 22.4 Å². The summed E-state index contributed by atoms with van der Waals surface area (Å²) in [6.45, 7) is 4.17.